The van der Waals surface area contributed by atoms with Gasteiger partial charge in [-0.25, -0.2) is 4.31 Å². The molecule has 4 heterocycles. The van der Waals surface area contributed by atoms with E-state index in [-0.39, 0.29) is 5.69 Å². The van der Waals surface area contributed by atoms with E-state index in [1.54, 1.807) is 24.9 Å². The second kappa shape index (κ2) is 6.28. The molecule has 2 saturated heterocycles. The number of rotatable bonds is 5. The van der Waals surface area contributed by atoms with Gasteiger partial charge in [-0.1, -0.05) is 0 Å². The number of nitrogens with zero attached hydrogens (tertiary/aromatic N) is 5. The maximum atomic E-state index is 13.4. The molecule has 8 heteroatoms. The highest BCUT2D eigenvalue weighted by molar-refractivity contribution is 7.97. The van der Waals surface area contributed by atoms with E-state index in [1.165, 1.54) is 6.07 Å². The van der Waals surface area contributed by atoms with Gasteiger partial charge in [-0.05, 0) is 37.1 Å². The van der Waals surface area contributed by atoms with Crippen molar-refractivity contribution in [1.29, 1.82) is 0 Å². The van der Waals surface area contributed by atoms with Gasteiger partial charge in [-0.3, -0.25) is 14.6 Å². The van der Waals surface area contributed by atoms with Crippen molar-refractivity contribution in [1.82, 2.24) is 24.0 Å². The monoisotopic (exact) mass is 379 g/mol. The molecule has 1 spiro atoms. The first-order chi connectivity index (χ1) is 12.2. The number of pyridine rings is 1. The molecule has 0 radical (unpaired) electrons. The quantitative estimate of drug-likeness (QED) is 0.747. The van der Waals surface area contributed by atoms with Crippen LogP contribution in [-0.4, -0.2) is 50.1 Å². The molecule has 140 valence electrons. The van der Waals surface area contributed by atoms with Crippen molar-refractivity contribution in [3.63, 3.8) is 0 Å². The van der Waals surface area contributed by atoms with Crippen LogP contribution in [0.3, 0.4) is 0 Å². The highest BCUT2D eigenvalue weighted by atomic mass is 32.2. The van der Waals surface area contributed by atoms with E-state index in [9.17, 15) is 8.78 Å². The number of aryl methyl sites for hydroxylation is 2. The van der Waals surface area contributed by atoms with E-state index in [0.717, 1.165) is 50.2 Å². The predicted octanol–water partition coefficient (Wildman–Crippen LogP) is 3.06. The molecule has 0 saturated carbocycles. The summed E-state index contributed by atoms with van der Waals surface area (Å²) in [6.45, 7) is 7.84. The number of hydrogen-bond donors (Lipinski definition) is 0. The number of halogens is 2. The molecule has 26 heavy (non-hydrogen) atoms. The van der Waals surface area contributed by atoms with Gasteiger partial charge >= 0.3 is 0 Å². The Bertz CT molecular complexity index is 802. The van der Waals surface area contributed by atoms with Crippen molar-refractivity contribution in [2.75, 3.05) is 26.2 Å². The molecule has 2 aromatic rings. The fourth-order valence-corrected chi connectivity index (χ4v) is 5.05. The summed E-state index contributed by atoms with van der Waals surface area (Å²) < 4.78 is 30.9. The topological polar surface area (TPSA) is 37.2 Å². The Balaban J connectivity index is 1.27. The smallest absolute Gasteiger partial charge is 0.286 e. The predicted molar refractivity (Wildman–Crippen MR) is 96.9 cm³/mol. The lowest BCUT2D eigenvalue weighted by Gasteiger charge is -2.59. The molecular weight excluding hydrogens is 356 g/mol. The normalized spacial score (nSPS) is 20.2. The van der Waals surface area contributed by atoms with Gasteiger partial charge in [-0.15, -0.1) is 0 Å². The molecule has 5 nitrogen and oxygen atoms in total. The zero-order chi connectivity index (χ0) is 18.5. The number of hydrogen-bond acceptors (Lipinski definition) is 5. The molecule has 0 bridgehead atoms. The summed E-state index contributed by atoms with van der Waals surface area (Å²) in [4.78, 5) is 7.45. The fourth-order valence-electron chi connectivity index (χ4n) is 3.79. The Kier molecular flexibility index (Phi) is 4.32. The van der Waals surface area contributed by atoms with E-state index in [2.05, 4.69) is 25.4 Å². The largest absolute Gasteiger partial charge is 0.296 e. The van der Waals surface area contributed by atoms with E-state index >= 15 is 0 Å². The van der Waals surface area contributed by atoms with Crippen LogP contribution in [0.4, 0.5) is 8.78 Å². The van der Waals surface area contributed by atoms with Crippen LogP contribution in [-0.2, 0) is 19.5 Å². The lowest BCUT2D eigenvalue weighted by atomic mass is 9.74. The molecule has 2 aliphatic heterocycles. The molecule has 0 unspecified atom stereocenters. The van der Waals surface area contributed by atoms with Crippen LogP contribution in [0.5, 0.6) is 0 Å². The molecular formula is C18H23F2N5S. The first-order valence-corrected chi connectivity index (χ1v) is 9.50. The van der Waals surface area contributed by atoms with Gasteiger partial charge in [0.1, 0.15) is 5.69 Å². The molecule has 4 rings (SSSR count). The van der Waals surface area contributed by atoms with E-state index in [0.29, 0.717) is 11.1 Å². The zero-order valence-corrected chi connectivity index (χ0v) is 16.1. The summed E-state index contributed by atoms with van der Waals surface area (Å²) in [5, 5.41) is 4.43. The fraction of sp³-hybridized carbons (Fsp3) is 0.556. The Morgan fingerprint density at radius 3 is 2.50 bits per heavy atom. The van der Waals surface area contributed by atoms with Crippen LogP contribution in [0, 0.1) is 12.3 Å². The van der Waals surface area contributed by atoms with Crippen LogP contribution in [0.2, 0.25) is 0 Å². The number of likely N-dealkylation sites (tertiary alicyclic amines) is 1. The van der Waals surface area contributed by atoms with Crippen LogP contribution in [0.25, 0.3) is 0 Å². The van der Waals surface area contributed by atoms with Crippen LogP contribution < -0.4 is 0 Å². The van der Waals surface area contributed by atoms with Gasteiger partial charge in [0.15, 0.2) is 0 Å². The van der Waals surface area contributed by atoms with Crippen molar-refractivity contribution in [3.8, 4) is 0 Å². The second-order valence-electron chi connectivity index (χ2n) is 7.68. The van der Waals surface area contributed by atoms with E-state index in [1.807, 2.05) is 17.9 Å². The molecule has 0 aliphatic carbocycles. The van der Waals surface area contributed by atoms with Gasteiger partial charge in [0, 0.05) is 63.2 Å². The maximum Gasteiger partial charge on any atom is 0.286 e. The minimum absolute atomic E-state index is 0.163. The molecule has 2 aromatic heterocycles. The number of aromatic nitrogens is 3. The first kappa shape index (κ1) is 17.9. The minimum Gasteiger partial charge on any atom is -0.296 e. The zero-order valence-electron chi connectivity index (χ0n) is 15.2. The van der Waals surface area contributed by atoms with Crippen molar-refractivity contribution in [3.05, 3.63) is 41.5 Å². The summed E-state index contributed by atoms with van der Waals surface area (Å²) in [6.07, 6.45) is 1.97. The SMILES string of the molecule is Cc1nc(C(C)(F)F)ccc1SN1CC2(CN(Cc3ccn(C)n3)C2)C1. The Morgan fingerprint density at radius 1 is 1.19 bits per heavy atom. The third-order valence-corrected chi connectivity index (χ3v) is 6.16. The third kappa shape index (κ3) is 3.50. The first-order valence-electron chi connectivity index (χ1n) is 8.72. The van der Waals surface area contributed by atoms with Gasteiger partial charge in [0.25, 0.3) is 5.92 Å². The summed E-state index contributed by atoms with van der Waals surface area (Å²) in [5.74, 6) is -2.89. The Morgan fingerprint density at radius 2 is 1.92 bits per heavy atom. The van der Waals surface area contributed by atoms with Gasteiger partial charge in [0.05, 0.1) is 11.4 Å². The summed E-state index contributed by atoms with van der Waals surface area (Å²) >= 11 is 1.63. The molecule has 2 aliphatic rings. The minimum atomic E-state index is -2.89. The third-order valence-electron chi connectivity index (χ3n) is 5.01. The molecule has 0 aromatic carbocycles. The summed E-state index contributed by atoms with van der Waals surface area (Å²) in [5.41, 5.74) is 2.01. The average molecular weight is 379 g/mol. The summed E-state index contributed by atoms with van der Waals surface area (Å²) in [7, 11) is 1.94. The van der Waals surface area contributed by atoms with Crippen molar-refractivity contribution in [2.24, 2.45) is 12.5 Å². The highest BCUT2D eigenvalue weighted by Crippen LogP contribution is 2.45. The molecule has 0 amide bonds. The van der Waals surface area contributed by atoms with Gasteiger partial charge in [-0.2, -0.15) is 13.9 Å². The van der Waals surface area contributed by atoms with Gasteiger partial charge < -0.3 is 0 Å². The average Bonchev–Trinajstić information content (AvgIpc) is 2.88. The van der Waals surface area contributed by atoms with Crippen molar-refractivity contribution in [2.45, 2.75) is 31.2 Å². The maximum absolute atomic E-state index is 13.4. The molecule has 0 N–H and O–H groups in total. The molecule has 2 fully saturated rings. The second-order valence-corrected chi connectivity index (χ2v) is 8.82. The summed E-state index contributed by atoms with van der Waals surface area (Å²) in [6, 6.07) is 5.26. The lowest BCUT2D eigenvalue weighted by Crippen LogP contribution is -2.70. The molecule has 0 atom stereocenters. The standard InChI is InChI=1S/C18H23F2N5S/c1-13-15(4-5-16(21-13)17(2,19)20)26-25-11-18(12-25)9-24(10-18)8-14-6-7-23(3)22-14/h4-7H,8-12H2,1-3H3. The van der Waals surface area contributed by atoms with Crippen molar-refractivity contribution < 1.29 is 8.78 Å². The van der Waals surface area contributed by atoms with Crippen LogP contribution in [0.1, 0.15) is 24.0 Å². The van der Waals surface area contributed by atoms with Crippen LogP contribution in [0.15, 0.2) is 29.3 Å². The lowest BCUT2D eigenvalue weighted by molar-refractivity contribution is -0.0816. The number of alkyl halides is 2. The van der Waals surface area contributed by atoms with Gasteiger partial charge in [0.2, 0.25) is 0 Å². The van der Waals surface area contributed by atoms with E-state index in [4.69, 9.17) is 0 Å². The Labute approximate surface area is 156 Å². The Hall–Kier alpha value is -1.51. The highest BCUT2D eigenvalue weighted by Gasteiger charge is 2.51. The van der Waals surface area contributed by atoms with Crippen LogP contribution >= 0.6 is 11.9 Å². The van der Waals surface area contributed by atoms with Crippen molar-refractivity contribution >= 4 is 11.9 Å². The van der Waals surface area contributed by atoms with E-state index < -0.39 is 5.92 Å².